The van der Waals surface area contributed by atoms with Gasteiger partial charge in [0, 0.05) is 49.4 Å². The molecule has 7 heteroatoms. The highest BCUT2D eigenvalue weighted by molar-refractivity contribution is 6.09. The molecule has 7 nitrogen and oxygen atoms in total. The topological polar surface area (TPSA) is 104 Å². The second kappa shape index (κ2) is 9.61. The van der Waals surface area contributed by atoms with Crippen molar-refractivity contribution in [3.8, 4) is 6.07 Å². The largest absolute Gasteiger partial charge is 0.393 e. The third-order valence-corrected chi connectivity index (χ3v) is 5.10. The molecule has 0 saturated carbocycles. The fraction of sp³-hybridized carbons (Fsp3) is 0.261. The summed E-state index contributed by atoms with van der Waals surface area (Å²) in [6, 6.07) is 12.0. The van der Waals surface area contributed by atoms with Crippen LogP contribution in [0, 0.1) is 16.7 Å². The Morgan fingerprint density at radius 2 is 2.17 bits per heavy atom. The number of fused-ring (bicyclic) bond motifs is 1. The maximum atomic E-state index is 11.1. The highest BCUT2D eigenvalue weighted by Crippen LogP contribution is 2.42. The molecule has 3 rings (SSSR count). The molecule has 0 saturated heterocycles. The van der Waals surface area contributed by atoms with E-state index in [1.54, 1.807) is 13.2 Å². The number of allylic oxidation sites excluding steroid dienone is 1. The van der Waals surface area contributed by atoms with E-state index >= 15 is 0 Å². The number of benzene rings is 2. The molecule has 30 heavy (non-hydrogen) atoms. The normalized spacial score (nSPS) is 12.7. The molecular weight excluding hydrogens is 376 g/mol. The van der Waals surface area contributed by atoms with Crippen molar-refractivity contribution in [2.45, 2.75) is 19.8 Å². The molecule has 0 atom stereocenters. The lowest BCUT2D eigenvalue weighted by atomic mass is 9.97. The Balaban J connectivity index is 2.11. The maximum absolute atomic E-state index is 11.1. The average Bonchev–Trinajstić information content (AvgIpc) is 3.18. The summed E-state index contributed by atoms with van der Waals surface area (Å²) < 4.78 is 0. The monoisotopic (exact) mass is 402 g/mol. The second-order valence-corrected chi connectivity index (χ2v) is 6.96. The van der Waals surface area contributed by atoms with Crippen LogP contribution in [0.5, 0.6) is 0 Å². The minimum atomic E-state index is 0.524. The summed E-state index contributed by atoms with van der Waals surface area (Å²) >= 11 is 0. The van der Waals surface area contributed by atoms with Crippen LogP contribution in [-0.4, -0.2) is 32.8 Å². The van der Waals surface area contributed by atoms with Gasteiger partial charge in [-0.2, -0.15) is 5.26 Å². The summed E-state index contributed by atoms with van der Waals surface area (Å²) in [7, 11) is 1.77. The Labute approximate surface area is 176 Å². The molecule has 4 N–H and O–H groups in total. The predicted molar refractivity (Wildman–Crippen MR) is 123 cm³/mol. The van der Waals surface area contributed by atoms with Crippen LogP contribution in [0.4, 0.5) is 22.7 Å². The summed E-state index contributed by atoms with van der Waals surface area (Å²) in [5, 5.41) is 26.6. The van der Waals surface area contributed by atoms with Crippen molar-refractivity contribution >= 4 is 40.9 Å². The summed E-state index contributed by atoms with van der Waals surface area (Å²) in [6.07, 6.45) is 5.45. The molecule has 0 aliphatic carbocycles. The summed E-state index contributed by atoms with van der Waals surface area (Å²) in [4.78, 5) is 13.3. The number of hydrogen-bond acceptors (Lipinski definition) is 6. The van der Waals surface area contributed by atoms with Crippen LogP contribution >= 0.6 is 0 Å². The van der Waals surface area contributed by atoms with E-state index in [4.69, 9.17) is 5.41 Å². The molecule has 0 radical (unpaired) electrons. The van der Waals surface area contributed by atoms with Gasteiger partial charge >= 0.3 is 0 Å². The zero-order chi connectivity index (χ0) is 21.5. The van der Waals surface area contributed by atoms with E-state index in [1.165, 1.54) is 6.21 Å². The van der Waals surface area contributed by atoms with Crippen molar-refractivity contribution < 1.29 is 4.79 Å². The van der Waals surface area contributed by atoms with E-state index in [0.717, 1.165) is 59.8 Å². The standard InChI is InChI=1S/C23H26N6O/c1-3-8-27-23-20(28-15-30)5-4-6-21(23)29-9-7-16-10-19(18(13-25)14-26-2)17(12-24)11-22(16)29/h4-6,10-11,13-15,25-27H,3,7-9H2,1-2H3,(H,28,30)/b18-14+,25-13?. The molecule has 0 bridgehead atoms. The lowest BCUT2D eigenvalue weighted by Gasteiger charge is -2.25. The highest BCUT2D eigenvalue weighted by Gasteiger charge is 2.26. The van der Waals surface area contributed by atoms with Crippen molar-refractivity contribution in [1.82, 2.24) is 5.32 Å². The van der Waals surface area contributed by atoms with Crippen LogP contribution in [-0.2, 0) is 11.2 Å². The summed E-state index contributed by atoms with van der Waals surface area (Å²) in [5.41, 5.74) is 6.61. The Morgan fingerprint density at radius 3 is 2.83 bits per heavy atom. The fourth-order valence-electron chi connectivity index (χ4n) is 3.76. The first-order valence-electron chi connectivity index (χ1n) is 9.98. The Kier molecular flexibility index (Phi) is 6.71. The van der Waals surface area contributed by atoms with Gasteiger partial charge in [0.05, 0.1) is 28.7 Å². The quantitative estimate of drug-likeness (QED) is 0.377. The van der Waals surface area contributed by atoms with Crippen LogP contribution in [0.15, 0.2) is 36.5 Å². The number of carbonyl (C=O) groups is 1. The van der Waals surface area contributed by atoms with E-state index in [2.05, 4.69) is 33.8 Å². The number of rotatable bonds is 9. The van der Waals surface area contributed by atoms with Crippen LogP contribution in [0.1, 0.15) is 30.0 Å². The van der Waals surface area contributed by atoms with Gasteiger partial charge in [0.25, 0.3) is 0 Å². The highest BCUT2D eigenvalue weighted by atomic mass is 16.1. The molecule has 1 aliphatic heterocycles. The molecule has 0 aromatic heterocycles. The number of nitrogens with zero attached hydrogens (tertiary/aromatic N) is 2. The first-order chi connectivity index (χ1) is 14.7. The van der Waals surface area contributed by atoms with Crippen molar-refractivity contribution in [2.24, 2.45) is 0 Å². The zero-order valence-corrected chi connectivity index (χ0v) is 17.2. The molecular formula is C23H26N6O. The van der Waals surface area contributed by atoms with E-state index in [1.807, 2.05) is 30.3 Å². The lowest BCUT2D eigenvalue weighted by molar-refractivity contribution is -0.105. The molecule has 2 aromatic rings. The van der Waals surface area contributed by atoms with Gasteiger partial charge in [-0.1, -0.05) is 13.0 Å². The number of anilines is 4. The van der Waals surface area contributed by atoms with Crippen LogP contribution in [0.3, 0.4) is 0 Å². The Hall–Kier alpha value is -3.79. The number of hydrogen-bond donors (Lipinski definition) is 4. The summed E-state index contributed by atoms with van der Waals surface area (Å²) in [6.45, 7) is 3.64. The van der Waals surface area contributed by atoms with E-state index in [-0.39, 0.29) is 0 Å². The van der Waals surface area contributed by atoms with Crippen LogP contribution < -0.4 is 20.9 Å². The minimum absolute atomic E-state index is 0.524. The van der Waals surface area contributed by atoms with Crippen molar-refractivity contribution in [1.29, 1.82) is 10.7 Å². The number of carbonyl (C=O) groups excluding carboxylic acids is 1. The maximum Gasteiger partial charge on any atom is 0.211 e. The number of nitriles is 1. The first-order valence-corrected chi connectivity index (χ1v) is 9.98. The van der Waals surface area contributed by atoms with Gasteiger partial charge in [-0.15, -0.1) is 0 Å². The van der Waals surface area contributed by atoms with Gasteiger partial charge in [0.2, 0.25) is 6.41 Å². The van der Waals surface area contributed by atoms with Crippen molar-refractivity contribution in [3.63, 3.8) is 0 Å². The van der Waals surface area contributed by atoms with Crippen molar-refractivity contribution in [3.05, 3.63) is 53.2 Å². The molecule has 0 fully saturated rings. The van der Waals surface area contributed by atoms with Crippen LogP contribution in [0.25, 0.3) is 5.57 Å². The van der Waals surface area contributed by atoms with Gasteiger partial charge in [0.1, 0.15) is 0 Å². The smallest absolute Gasteiger partial charge is 0.211 e. The van der Waals surface area contributed by atoms with Gasteiger partial charge in [-0.25, -0.2) is 0 Å². The van der Waals surface area contributed by atoms with Crippen molar-refractivity contribution in [2.75, 3.05) is 35.7 Å². The second-order valence-electron chi connectivity index (χ2n) is 6.96. The summed E-state index contributed by atoms with van der Waals surface area (Å²) in [5.74, 6) is 0. The fourth-order valence-corrected chi connectivity index (χ4v) is 3.76. The molecule has 1 amide bonds. The van der Waals surface area contributed by atoms with E-state index in [9.17, 15) is 10.1 Å². The van der Waals surface area contributed by atoms with Gasteiger partial charge < -0.3 is 26.3 Å². The first kappa shape index (κ1) is 20.9. The van der Waals surface area contributed by atoms with Gasteiger partial charge in [0.15, 0.2) is 0 Å². The van der Waals surface area contributed by atoms with E-state index < -0.39 is 0 Å². The lowest BCUT2D eigenvalue weighted by Crippen LogP contribution is -2.17. The van der Waals surface area contributed by atoms with Gasteiger partial charge in [-0.05, 0) is 42.7 Å². The predicted octanol–water partition coefficient (Wildman–Crippen LogP) is 3.85. The third-order valence-electron chi connectivity index (χ3n) is 5.10. The Bertz CT molecular complexity index is 1020. The molecule has 2 aromatic carbocycles. The third kappa shape index (κ3) is 3.98. The molecule has 0 unspecified atom stereocenters. The zero-order valence-electron chi connectivity index (χ0n) is 17.2. The van der Waals surface area contributed by atoms with Crippen LogP contribution in [0.2, 0.25) is 0 Å². The Morgan fingerprint density at radius 1 is 1.33 bits per heavy atom. The number of amides is 1. The molecule has 0 spiro atoms. The molecule has 154 valence electrons. The number of nitrogens with one attached hydrogen (secondary N) is 4. The average molecular weight is 403 g/mol. The minimum Gasteiger partial charge on any atom is -0.393 e. The SMILES string of the molecule is CCCNc1c(NC=O)cccc1N1CCc2cc(/C(C=N)=C/NC)c(C#N)cc21. The van der Waals surface area contributed by atoms with Gasteiger partial charge in [-0.3, -0.25) is 4.79 Å². The molecule has 1 heterocycles. The molecule has 1 aliphatic rings. The number of para-hydroxylation sites is 1. The van der Waals surface area contributed by atoms with E-state index in [0.29, 0.717) is 17.5 Å².